The first kappa shape index (κ1) is 13.5. The molecule has 0 spiro atoms. The zero-order valence-corrected chi connectivity index (χ0v) is 12.6. The van der Waals surface area contributed by atoms with Crippen molar-refractivity contribution in [2.45, 2.75) is 44.8 Å². The highest BCUT2D eigenvalue weighted by atomic mass is 79.9. The number of thiophene rings is 1. The molecule has 1 aromatic rings. The topological polar surface area (TPSA) is 21.3 Å². The van der Waals surface area contributed by atoms with Gasteiger partial charge in [-0.1, -0.05) is 0 Å². The first-order valence-corrected chi connectivity index (χ1v) is 8.02. The Morgan fingerprint density at radius 1 is 1.59 bits per heavy atom. The Kier molecular flexibility index (Phi) is 5.48. The first-order chi connectivity index (χ1) is 8.25. The van der Waals surface area contributed by atoms with Gasteiger partial charge in [0.2, 0.25) is 0 Å². The van der Waals surface area contributed by atoms with Crippen molar-refractivity contribution >= 4 is 27.3 Å². The van der Waals surface area contributed by atoms with Gasteiger partial charge in [0, 0.05) is 27.4 Å². The van der Waals surface area contributed by atoms with Crippen LogP contribution in [0.5, 0.6) is 0 Å². The van der Waals surface area contributed by atoms with E-state index in [9.17, 15) is 0 Å². The maximum atomic E-state index is 5.72. The highest BCUT2D eigenvalue weighted by Gasteiger charge is 2.14. The zero-order chi connectivity index (χ0) is 12.1. The molecule has 1 aromatic heterocycles. The van der Waals surface area contributed by atoms with E-state index in [1.54, 1.807) is 11.3 Å². The van der Waals surface area contributed by atoms with E-state index >= 15 is 0 Å². The average Bonchev–Trinajstić information content (AvgIpc) is 2.77. The van der Waals surface area contributed by atoms with Gasteiger partial charge in [0.15, 0.2) is 0 Å². The molecule has 1 fully saturated rings. The van der Waals surface area contributed by atoms with Gasteiger partial charge in [0.05, 0.1) is 6.10 Å². The molecule has 1 aliphatic heterocycles. The van der Waals surface area contributed by atoms with Gasteiger partial charge in [0.1, 0.15) is 0 Å². The molecule has 2 nitrogen and oxygen atoms in total. The van der Waals surface area contributed by atoms with Gasteiger partial charge >= 0.3 is 0 Å². The minimum absolute atomic E-state index is 0.440. The Morgan fingerprint density at radius 2 is 2.47 bits per heavy atom. The van der Waals surface area contributed by atoms with Crippen LogP contribution in [0.1, 0.15) is 43.5 Å². The number of halogens is 1. The Bertz CT molecular complexity index is 336. The Balaban J connectivity index is 1.67. The van der Waals surface area contributed by atoms with Crippen molar-refractivity contribution in [3.05, 3.63) is 20.8 Å². The summed E-state index contributed by atoms with van der Waals surface area (Å²) >= 11 is 5.30. The van der Waals surface area contributed by atoms with Gasteiger partial charge in [-0.3, -0.25) is 0 Å². The van der Waals surface area contributed by atoms with E-state index in [0.29, 0.717) is 12.1 Å². The second-order valence-corrected chi connectivity index (χ2v) is 6.48. The van der Waals surface area contributed by atoms with Crippen LogP contribution in [0.3, 0.4) is 0 Å². The predicted molar refractivity (Wildman–Crippen MR) is 76.6 cm³/mol. The average molecular weight is 318 g/mol. The zero-order valence-electron chi connectivity index (χ0n) is 10.2. The van der Waals surface area contributed by atoms with Gasteiger partial charge in [0.25, 0.3) is 0 Å². The number of nitrogens with one attached hydrogen (secondary N) is 1. The number of hydrogen-bond acceptors (Lipinski definition) is 3. The van der Waals surface area contributed by atoms with E-state index in [4.69, 9.17) is 4.74 Å². The maximum absolute atomic E-state index is 5.72. The van der Waals surface area contributed by atoms with Gasteiger partial charge in [-0.15, -0.1) is 11.3 Å². The van der Waals surface area contributed by atoms with Gasteiger partial charge < -0.3 is 10.1 Å². The molecule has 96 valence electrons. The molecule has 0 bridgehead atoms. The molecule has 0 radical (unpaired) electrons. The molecule has 4 heteroatoms. The monoisotopic (exact) mass is 317 g/mol. The van der Waals surface area contributed by atoms with Crippen LogP contribution in [0.25, 0.3) is 0 Å². The fourth-order valence-electron chi connectivity index (χ4n) is 2.15. The number of hydrogen-bond donors (Lipinski definition) is 1. The van der Waals surface area contributed by atoms with Crippen molar-refractivity contribution in [3.8, 4) is 0 Å². The van der Waals surface area contributed by atoms with E-state index in [1.165, 1.54) is 28.6 Å². The van der Waals surface area contributed by atoms with Crippen molar-refractivity contribution in [3.63, 3.8) is 0 Å². The van der Waals surface area contributed by atoms with E-state index in [2.05, 4.69) is 39.6 Å². The third kappa shape index (κ3) is 4.36. The van der Waals surface area contributed by atoms with Crippen molar-refractivity contribution in [2.24, 2.45) is 0 Å². The van der Waals surface area contributed by atoms with Crippen molar-refractivity contribution in [2.75, 3.05) is 13.2 Å². The van der Waals surface area contributed by atoms with Crippen LogP contribution in [0.4, 0.5) is 0 Å². The maximum Gasteiger partial charge on any atom is 0.0587 e. The summed E-state index contributed by atoms with van der Waals surface area (Å²) in [5.74, 6) is 0. The van der Waals surface area contributed by atoms with E-state index in [-0.39, 0.29) is 0 Å². The molecule has 1 N–H and O–H groups in total. The standard InChI is InChI=1S/C13H20BrNOS/c1-10(13-8-11(14)9-17-13)15-6-5-12-4-2-3-7-16-12/h8-10,12,15H,2-7H2,1H3. The molecule has 0 saturated carbocycles. The fourth-order valence-corrected chi connectivity index (χ4v) is 3.63. The lowest BCUT2D eigenvalue weighted by Crippen LogP contribution is -2.26. The summed E-state index contributed by atoms with van der Waals surface area (Å²) < 4.78 is 6.91. The lowest BCUT2D eigenvalue weighted by atomic mass is 10.1. The minimum Gasteiger partial charge on any atom is -0.378 e. The summed E-state index contributed by atoms with van der Waals surface area (Å²) in [4.78, 5) is 1.39. The van der Waals surface area contributed by atoms with Crippen molar-refractivity contribution < 1.29 is 4.74 Å². The summed E-state index contributed by atoms with van der Waals surface area (Å²) in [5, 5.41) is 5.71. The van der Waals surface area contributed by atoms with Crippen molar-refractivity contribution in [1.29, 1.82) is 0 Å². The molecule has 17 heavy (non-hydrogen) atoms. The molecule has 1 aliphatic rings. The molecule has 1 saturated heterocycles. The molecule has 2 heterocycles. The van der Waals surface area contributed by atoms with Gasteiger partial charge in [-0.25, -0.2) is 0 Å². The van der Waals surface area contributed by atoms with E-state index in [0.717, 1.165) is 19.6 Å². The summed E-state index contributed by atoms with van der Waals surface area (Å²) in [6.45, 7) is 4.22. The normalized spacial score (nSPS) is 22.6. The molecule has 0 aromatic carbocycles. The third-order valence-corrected chi connectivity index (χ3v) is 5.08. The van der Waals surface area contributed by atoms with Crippen LogP contribution in [0, 0.1) is 0 Å². The molecular formula is C13H20BrNOS. The smallest absolute Gasteiger partial charge is 0.0587 e. The fraction of sp³-hybridized carbons (Fsp3) is 0.692. The lowest BCUT2D eigenvalue weighted by molar-refractivity contribution is 0.0113. The molecule has 2 unspecified atom stereocenters. The second kappa shape index (κ2) is 6.88. The SMILES string of the molecule is CC(NCCC1CCCCO1)c1cc(Br)cs1. The van der Waals surface area contributed by atoms with Gasteiger partial charge in [-0.05, 0) is 61.1 Å². The van der Waals surface area contributed by atoms with Gasteiger partial charge in [-0.2, -0.15) is 0 Å². The predicted octanol–water partition coefficient (Wildman–Crippen LogP) is 4.12. The molecule has 2 atom stereocenters. The molecule has 0 amide bonds. The van der Waals surface area contributed by atoms with Crippen LogP contribution in [-0.2, 0) is 4.74 Å². The van der Waals surface area contributed by atoms with Crippen molar-refractivity contribution in [1.82, 2.24) is 5.32 Å². The highest BCUT2D eigenvalue weighted by molar-refractivity contribution is 9.10. The number of ether oxygens (including phenoxy) is 1. The van der Waals surface area contributed by atoms with E-state index in [1.807, 2.05) is 0 Å². The van der Waals surface area contributed by atoms with Crippen LogP contribution < -0.4 is 5.32 Å². The highest BCUT2D eigenvalue weighted by Crippen LogP contribution is 2.25. The summed E-state index contributed by atoms with van der Waals surface area (Å²) in [5.41, 5.74) is 0. The Hall–Kier alpha value is 0.1000. The first-order valence-electron chi connectivity index (χ1n) is 6.34. The van der Waals surface area contributed by atoms with Crippen LogP contribution >= 0.6 is 27.3 Å². The van der Waals surface area contributed by atoms with Crippen LogP contribution in [-0.4, -0.2) is 19.3 Å². The van der Waals surface area contributed by atoms with Crippen LogP contribution in [0.2, 0.25) is 0 Å². The molecular weight excluding hydrogens is 298 g/mol. The minimum atomic E-state index is 0.440. The lowest BCUT2D eigenvalue weighted by Gasteiger charge is -2.23. The third-order valence-electron chi connectivity index (χ3n) is 3.21. The van der Waals surface area contributed by atoms with E-state index < -0.39 is 0 Å². The second-order valence-electron chi connectivity index (χ2n) is 4.62. The summed E-state index contributed by atoms with van der Waals surface area (Å²) in [7, 11) is 0. The summed E-state index contributed by atoms with van der Waals surface area (Å²) in [6.07, 6.45) is 5.43. The Labute approximate surface area is 116 Å². The largest absolute Gasteiger partial charge is 0.378 e. The molecule has 0 aliphatic carbocycles. The van der Waals surface area contributed by atoms with Crippen LogP contribution in [0.15, 0.2) is 15.9 Å². The number of rotatable bonds is 5. The molecule has 2 rings (SSSR count). The Morgan fingerprint density at radius 3 is 3.12 bits per heavy atom. The summed E-state index contributed by atoms with van der Waals surface area (Å²) in [6, 6.07) is 2.63. The quantitative estimate of drug-likeness (QED) is 0.882.